The summed E-state index contributed by atoms with van der Waals surface area (Å²) < 4.78 is 53.1. The molecule has 0 aromatic heterocycles. The van der Waals surface area contributed by atoms with Crippen LogP contribution in [0.25, 0.3) is 10.4 Å². The highest BCUT2D eigenvalue weighted by Crippen LogP contribution is 2.36. The van der Waals surface area contributed by atoms with E-state index in [9.17, 15) is 4.79 Å². The van der Waals surface area contributed by atoms with Crippen LogP contribution < -0.4 is 0 Å². The lowest BCUT2D eigenvalue weighted by molar-refractivity contribution is -0.216. The lowest BCUT2D eigenvalue weighted by Gasteiger charge is -2.34. The van der Waals surface area contributed by atoms with E-state index in [4.69, 9.17) is 24.5 Å². The molecule has 10 heteroatoms. The van der Waals surface area contributed by atoms with E-state index in [1.54, 1.807) is 62.4 Å². The zero-order valence-corrected chi connectivity index (χ0v) is 18.3. The first-order valence-corrected chi connectivity index (χ1v) is 10.3. The molecule has 1 heterocycles. The molecule has 1 aliphatic rings. The molecule has 3 rings (SSSR count). The summed E-state index contributed by atoms with van der Waals surface area (Å²) in [6, 6.07) is 14.7. The normalized spacial score (nSPS) is 19.3. The van der Waals surface area contributed by atoms with Gasteiger partial charge in [0.1, 0.15) is 18.8 Å². The van der Waals surface area contributed by atoms with Crippen molar-refractivity contribution in [1.29, 1.82) is 0 Å². The summed E-state index contributed by atoms with van der Waals surface area (Å²) in [6.07, 6.45) is -2.97. The monoisotopic (exact) mass is 461 g/mol. The summed E-state index contributed by atoms with van der Waals surface area (Å²) in [5.74, 6) is -5.64. The van der Waals surface area contributed by atoms with Crippen LogP contribution in [0.3, 0.4) is 0 Å². The van der Waals surface area contributed by atoms with E-state index >= 15 is 8.78 Å². The highest BCUT2D eigenvalue weighted by Gasteiger charge is 2.55. The average molecular weight is 461 g/mol. The molecule has 0 N–H and O–H groups in total. The quantitative estimate of drug-likeness (QED) is 0.217. The standard InChI is InChI=1S/C23H25F2N3O5/c1-22(2)32-14-18(33-22)20(30-13-16-9-5-3-6-10-16)23(24,25)19(27-28-26)15-31-21(29)17-11-7-4-8-12-17/h3-12,18-20H,13-15H2,1-2H3/t18-,19-,20-/m1/s1. The maximum atomic E-state index is 15.7. The predicted octanol–water partition coefficient (Wildman–Crippen LogP) is 4.89. The first-order chi connectivity index (χ1) is 15.7. The molecule has 0 spiro atoms. The van der Waals surface area contributed by atoms with Crippen molar-refractivity contribution in [1.82, 2.24) is 0 Å². The molecule has 176 valence electrons. The number of ether oxygens (including phenoxy) is 4. The second kappa shape index (κ2) is 10.7. The molecule has 0 saturated carbocycles. The third-order valence-corrected chi connectivity index (χ3v) is 5.04. The van der Waals surface area contributed by atoms with E-state index in [1.165, 1.54) is 12.1 Å². The maximum Gasteiger partial charge on any atom is 0.338 e. The lowest BCUT2D eigenvalue weighted by atomic mass is 10.0. The molecule has 2 aromatic carbocycles. The van der Waals surface area contributed by atoms with Gasteiger partial charge >= 0.3 is 5.97 Å². The molecule has 0 bridgehead atoms. The molecule has 3 atom stereocenters. The van der Waals surface area contributed by atoms with Crippen LogP contribution in [0.5, 0.6) is 0 Å². The Morgan fingerprint density at radius 2 is 1.85 bits per heavy atom. The van der Waals surface area contributed by atoms with E-state index in [0.717, 1.165) is 0 Å². The minimum atomic E-state index is -3.74. The summed E-state index contributed by atoms with van der Waals surface area (Å²) in [5.41, 5.74) is 9.77. The topological polar surface area (TPSA) is 103 Å². The lowest BCUT2D eigenvalue weighted by Crippen LogP contribution is -2.53. The molecule has 1 saturated heterocycles. The molecule has 0 unspecified atom stereocenters. The number of esters is 1. The number of rotatable bonds is 10. The molecule has 8 nitrogen and oxygen atoms in total. The molecule has 1 fully saturated rings. The van der Waals surface area contributed by atoms with Crippen LogP contribution in [-0.2, 0) is 25.6 Å². The van der Waals surface area contributed by atoms with Gasteiger partial charge in [0.25, 0.3) is 5.92 Å². The van der Waals surface area contributed by atoms with Gasteiger partial charge in [0, 0.05) is 4.91 Å². The Labute approximate surface area is 190 Å². The Morgan fingerprint density at radius 1 is 1.21 bits per heavy atom. The van der Waals surface area contributed by atoms with Gasteiger partial charge in [-0.2, -0.15) is 0 Å². The first kappa shape index (κ1) is 24.6. The van der Waals surface area contributed by atoms with Gasteiger partial charge in [-0.3, -0.25) is 0 Å². The van der Waals surface area contributed by atoms with Crippen molar-refractivity contribution in [2.75, 3.05) is 13.2 Å². The summed E-state index contributed by atoms with van der Waals surface area (Å²) in [6.45, 7) is 2.09. The van der Waals surface area contributed by atoms with Gasteiger partial charge in [-0.05, 0) is 37.1 Å². The molecule has 2 aromatic rings. The van der Waals surface area contributed by atoms with Crippen molar-refractivity contribution in [2.24, 2.45) is 5.11 Å². The third-order valence-electron chi connectivity index (χ3n) is 5.04. The average Bonchev–Trinajstić information content (AvgIpc) is 3.16. The van der Waals surface area contributed by atoms with Gasteiger partial charge < -0.3 is 18.9 Å². The Bertz CT molecular complexity index is 969. The third kappa shape index (κ3) is 6.49. The fourth-order valence-corrected chi connectivity index (χ4v) is 3.38. The van der Waals surface area contributed by atoms with Gasteiger partial charge in [-0.25, -0.2) is 13.6 Å². The zero-order valence-electron chi connectivity index (χ0n) is 18.3. The van der Waals surface area contributed by atoms with Crippen molar-refractivity contribution in [3.05, 3.63) is 82.2 Å². The van der Waals surface area contributed by atoms with Crippen molar-refractivity contribution < 1.29 is 32.5 Å². The van der Waals surface area contributed by atoms with Crippen LogP contribution in [0.4, 0.5) is 8.78 Å². The number of azide groups is 1. The van der Waals surface area contributed by atoms with Crippen molar-refractivity contribution >= 4 is 5.97 Å². The maximum absolute atomic E-state index is 15.7. The Morgan fingerprint density at radius 3 is 2.42 bits per heavy atom. The molecular formula is C23H25F2N3O5. The molecule has 0 amide bonds. The Hall–Kier alpha value is -3.04. The van der Waals surface area contributed by atoms with Gasteiger partial charge in [-0.15, -0.1) is 0 Å². The number of alkyl halides is 2. The van der Waals surface area contributed by atoms with Gasteiger partial charge in [0.15, 0.2) is 11.9 Å². The largest absolute Gasteiger partial charge is 0.461 e. The SMILES string of the molecule is CC1(C)OC[C@H]([C@@H](OCc2ccccc2)C(F)(F)[C@@H](COC(=O)c2ccccc2)N=[N+]=[N-])O1. The first-order valence-electron chi connectivity index (χ1n) is 10.3. The Balaban J connectivity index is 1.79. The number of carbonyl (C=O) groups excluding carboxylic acids is 1. The molecule has 0 aliphatic carbocycles. The van der Waals surface area contributed by atoms with Crippen LogP contribution >= 0.6 is 0 Å². The smallest absolute Gasteiger partial charge is 0.338 e. The fourth-order valence-electron chi connectivity index (χ4n) is 3.38. The van der Waals surface area contributed by atoms with Crippen LogP contribution in [-0.4, -0.2) is 49.1 Å². The molecule has 1 aliphatic heterocycles. The number of halogens is 2. The van der Waals surface area contributed by atoms with Crippen molar-refractivity contribution in [3.63, 3.8) is 0 Å². The summed E-state index contributed by atoms with van der Waals surface area (Å²) in [4.78, 5) is 14.8. The number of nitrogens with zero attached hydrogens (tertiary/aromatic N) is 3. The second-order valence-corrected chi connectivity index (χ2v) is 7.94. The summed E-state index contributed by atoms with van der Waals surface area (Å²) in [5, 5.41) is 3.22. The van der Waals surface area contributed by atoms with Gasteiger partial charge in [0.2, 0.25) is 0 Å². The highest BCUT2D eigenvalue weighted by molar-refractivity contribution is 5.89. The Kier molecular flexibility index (Phi) is 7.99. The van der Waals surface area contributed by atoms with Crippen LogP contribution in [0.1, 0.15) is 29.8 Å². The van der Waals surface area contributed by atoms with Gasteiger partial charge in [0.05, 0.1) is 18.8 Å². The van der Waals surface area contributed by atoms with E-state index in [2.05, 4.69) is 10.0 Å². The molecule has 33 heavy (non-hydrogen) atoms. The summed E-state index contributed by atoms with van der Waals surface area (Å²) >= 11 is 0. The van der Waals surface area contributed by atoms with Crippen LogP contribution in [0.15, 0.2) is 65.8 Å². The van der Waals surface area contributed by atoms with Crippen LogP contribution in [0.2, 0.25) is 0 Å². The van der Waals surface area contributed by atoms with Crippen molar-refractivity contribution in [3.8, 4) is 0 Å². The zero-order chi connectivity index (χ0) is 23.9. The number of carbonyl (C=O) groups is 1. The minimum absolute atomic E-state index is 0.131. The van der Waals surface area contributed by atoms with Crippen LogP contribution in [0, 0.1) is 0 Å². The molecule has 0 radical (unpaired) electrons. The predicted molar refractivity (Wildman–Crippen MR) is 115 cm³/mol. The molecular weight excluding hydrogens is 436 g/mol. The number of benzene rings is 2. The highest BCUT2D eigenvalue weighted by atomic mass is 19.3. The van der Waals surface area contributed by atoms with Crippen molar-refractivity contribution in [2.45, 2.75) is 50.4 Å². The number of hydrogen-bond acceptors (Lipinski definition) is 6. The van der Waals surface area contributed by atoms with E-state index in [1.807, 2.05) is 0 Å². The fraction of sp³-hybridized carbons (Fsp3) is 0.435. The number of hydrogen-bond donors (Lipinski definition) is 0. The van der Waals surface area contributed by atoms with Gasteiger partial charge in [-0.1, -0.05) is 53.6 Å². The van der Waals surface area contributed by atoms with E-state index in [-0.39, 0.29) is 18.8 Å². The minimum Gasteiger partial charge on any atom is -0.461 e. The van der Waals surface area contributed by atoms with E-state index in [0.29, 0.717) is 5.56 Å². The second-order valence-electron chi connectivity index (χ2n) is 7.94. The summed E-state index contributed by atoms with van der Waals surface area (Å²) in [7, 11) is 0. The van der Waals surface area contributed by atoms with E-state index < -0.39 is 42.5 Å².